The molecule has 0 aliphatic rings. The van der Waals surface area contributed by atoms with Crippen molar-refractivity contribution in [3.05, 3.63) is 59.2 Å². The quantitative estimate of drug-likeness (QED) is 0.715. The van der Waals surface area contributed by atoms with Crippen LogP contribution in [0.4, 0.5) is 4.39 Å². The monoisotopic (exact) mass is 283 g/mol. The predicted octanol–water partition coefficient (Wildman–Crippen LogP) is 5.56. The second-order valence-electron chi connectivity index (χ2n) is 5.69. The Labute approximate surface area is 126 Å². The summed E-state index contributed by atoms with van der Waals surface area (Å²) in [5, 5.41) is 0. The Hall–Kier alpha value is -1.96. The molecule has 2 rings (SSSR count). The summed E-state index contributed by atoms with van der Waals surface area (Å²) in [6, 6.07) is 7.14. The Morgan fingerprint density at radius 2 is 1.90 bits per heavy atom. The van der Waals surface area contributed by atoms with Crippen LogP contribution in [0.15, 0.2) is 36.5 Å². The van der Waals surface area contributed by atoms with Crippen molar-refractivity contribution in [3.8, 4) is 11.1 Å². The molecule has 0 amide bonds. The number of pyridine rings is 1. The summed E-state index contributed by atoms with van der Waals surface area (Å²) in [5.74, 6) is 0.347. The van der Waals surface area contributed by atoms with Crippen molar-refractivity contribution in [2.45, 2.75) is 34.1 Å². The fourth-order valence-corrected chi connectivity index (χ4v) is 2.21. The molecule has 0 radical (unpaired) electrons. The van der Waals surface area contributed by atoms with Crippen LogP contribution in [0, 0.1) is 25.6 Å². The lowest BCUT2D eigenvalue weighted by molar-refractivity contribution is 0.627. The van der Waals surface area contributed by atoms with Gasteiger partial charge in [0.2, 0.25) is 0 Å². The zero-order chi connectivity index (χ0) is 15.4. The number of halogens is 1. The van der Waals surface area contributed by atoms with Crippen LogP contribution >= 0.6 is 0 Å². The fourth-order valence-electron chi connectivity index (χ4n) is 2.21. The van der Waals surface area contributed by atoms with Gasteiger partial charge in [-0.2, -0.15) is 0 Å². The van der Waals surface area contributed by atoms with E-state index in [1.165, 1.54) is 6.07 Å². The summed E-state index contributed by atoms with van der Waals surface area (Å²) in [5.41, 5.74) is 4.83. The molecule has 1 atom stereocenters. The van der Waals surface area contributed by atoms with E-state index in [0.29, 0.717) is 5.92 Å². The third-order valence-electron chi connectivity index (χ3n) is 3.72. The lowest BCUT2D eigenvalue weighted by atomic mass is 10.0. The van der Waals surface area contributed by atoms with E-state index in [-0.39, 0.29) is 5.82 Å². The summed E-state index contributed by atoms with van der Waals surface area (Å²) in [6.45, 7) is 8.30. The highest BCUT2D eigenvalue weighted by atomic mass is 19.1. The largest absolute Gasteiger partial charge is 0.256 e. The molecule has 0 bridgehead atoms. The Kier molecular flexibility index (Phi) is 4.89. The van der Waals surface area contributed by atoms with Gasteiger partial charge in [0.1, 0.15) is 5.82 Å². The van der Waals surface area contributed by atoms with E-state index >= 15 is 0 Å². The van der Waals surface area contributed by atoms with Gasteiger partial charge in [0.25, 0.3) is 0 Å². The molecule has 0 aliphatic carbocycles. The SMILES string of the molecule is CCC(C)/C=C\c1ncc(-c2cc(C)cc(F)c2)cc1C. The molecule has 0 spiro atoms. The van der Waals surface area contributed by atoms with Crippen LogP contribution in [-0.4, -0.2) is 4.98 Å². The van der Waals surface area contributed by atoms with E-state index in [9.17, 15) is 4.39 Å². The lowest BCUT2D eigenvalue weighted by Crippen LogP contribution is -1.91. The Bertz CT molecular complexity index is 638. The molecule has 0 N–H and O–H groups in total. The predicted molar refractivity (Wildman–Crippen MR) is 87.6 cm³/mol. The molecule has 1 aromatic heterocycles. The number of aromatic nitrogens is 1. The second kappa shape index (κ2) is 6.66. The maximum Gasteiger partial charge on any atom is 0.124 e. The minimum absolute atomic E-state index is 0.205. The van der Waals surface area contributed by atoms with Gasteiger partial charge >= 0.3 is 0 Å². The highest BCUT2D eigenvalue weighted by molar-refractivity contribution is 5.66. The molecule has 0 saturated carbocycles. The zero-order valence-corrected chi connectivity index (χ0v) is 13.2. The van der Waals surface area contributed by atoms with Crippen LogP contribution in [0.1, 0.15) is 37.1 Å². The van der Waals surface area contributed by atoms with E-state index in [1.807, 2.05) is 26.1 Å². The van der Waals surface area contributed by atoms with E-state index in [1.54, 1.807) is 6.07 Å². The van der Waals surface area contributed by atoms with E-state index in [2.05, 4.69) is 37.0 Å². The highest BCUT2D eigenvalue weighted by Crippen LogP contribution is 2.23. The van der Waals surface area contributed by atoms with Crippen LogP contribution in [0.3, 0.4) is 0 Å². The molecular formula is C19H22FN. The van der Waals surface area contributed by atoms with Crippen molar-refractivity contribution in [1.29, 1.82) is 0 Å². The molecule has 21 heavy (non-hydrogen) atoms. The highest BCUT2D eigenvalue weighted by Gasteiger charge is 2.05. The Morgan fingerprint density at radius 3 is 2.52 bits per heavy atom. The van der Waals surface area contributed by atoms with Crippen LogP contribution in [0.5, 0.6) is 0 Å². The lowest BCUT2D eigenvalue weighted by Gasteiger charge is -2.07. The molecule has 1 unspecified atom stereocenters. The topological polar surface area (TPSA) is 12.9 Å². The van der Waals surface area contributed by atoms with Gasteiger partial charge in [-0.1, -0.05) is 32.4 Å². The first-order valence-corrected chi connectivity index (χ1v) is 7.42. The number of allylic oxidation sites excluding steroid dienone is 1. The van der Waals surface area contributed by atoms with Crippen molar-refractivity contribution in [2.24, 2.45) is 5.92 Å². The molecule has 2 aromatic rings. The molecule has 1 heterocycles. The summed E-state index contributed by atoms with van der Waals surface area (Å²) < 4.78 is 13.5. The third kappa shape index (κ3) is 4.01. The number of rotatable bonds is 4. The molecule has 1 nitrogen and oxygen atoms in total. The first-order chi connectivity index (χ1) is 9.99. The maximum absolute atomic E-state index is 13.5. The van der Waals surface area contributed by atoms with Gasteiger partial charge in [-0.25, -0.2) is 4.39 Å². The fraction of sp³-hybridized carbons (Fsp3) is 0.316. The number of aryl methyl sites for hydroxylation is 2. The Balaban J connectivity index is 2.32. The molecule has 0 aliphatic heterocycles. The first kappa shape index (κ1) is 15.4. The van der Waals surface area contributed by atoms with Crippen molar-refractivity contribution in [3.63, 3.8) is 0 Å². The van der Waals surface area contributed by atoms with Crippen LogP contribution < -0.4 is 0 Å². The minimum atomic E-state index is -0.205. The van der Waals surface area contributed by atoms with E-state index < -0.39 is 0 Å². The molecule has 1 aromatic carbocycles. The number of benzene rings is 1. The van der Waals surface area contributed by atoms with Gasteiger partial charge in [0.05, 0.1) is 5.69 Å². The maximum atomic E-state index is 13.5. The van der Waals surface area contributed by atoms with Crippen LogP contribution in [-0.2, 0) is 0 Å². The summed E-state index contributed by atoms with van der Waals surface area (Å²) in [4.78, 5) is 4.51. The van der Waals surface area contributed by atoms with E-state index in [0.717, 1.165) is 34.4 Å². The second-order valence-corrected chi connectivity index (χ2v) is 5.69. The number of hydrogen-bond acceptors (Lipinski definition) is 1. The first-order valence-electron chi connectivity index (χ1n) is 7.42. The van der Waals surface area contributed by atoms with Crippen LogP contribution in [0.2, 0.25) is 0 Å². The minimum Gasteiger partial charge on any atom is -0.256 e. The van der Waals surface area contributed by atoms with Crippen molar-refractivity contribution < 1.29 is 4.39 Å². The molecule has 110 valence electrons. The zero-order valence-electron chi connectivity index (χ0n) is 13.2. The standard InChI is InChI=1S/C19H22FN/c1-5-13(2)6-7-19-15(4)10-17(12-21-19)16-8-14(3)9-18(20)11-16/h6-13H,5H2,1-4H3/b7-6-. The number of nitrogens with zero attached hydrogens (tertiary/aromatic N) is 1. The molecule has 2 heteroatoms. The van der Waals surface area contributed by atoms with Crippen LogP contribution in [0.25, 0.3) is 17.2 Å². The van der Waals surface area contributed by atoms with Gasteiger partial charge in [0, 0.05) is 11.8 Å². The summed E-state index contributed by atoms with van der Waals surface area (Å²) in [6.07, 6.45) is 7.19. The van der Waals surface area contributed by atoms with E-state index in [4.69, 9.17) is 0 Å². The molecule has 0 saturated heterocycles. The third-order valence-corrected chi connectivity index (χ3v) is 3.72. The van der Waals surface area contributed by atoms with Crippen molar-refractivity contribution >= 4 is 6.08 Å². The van der Waals surface area contributed by atoms with Gasteiger partial charge in [0.15, 0.2) is 0 Å². The average molecular weight is 283 g/mol. The smallest absolute Gasteiger partial charge is 0.124 e. The average Bonchev–Trinajstić information content (AvgIpc) is 2.44. The molecular weight excluding hydrogens is 261 g/mol. The van der Waals surface area contributed by atoms with Gasteiger partial charge in [-0.15, -0.1) is 0 Å². The summed E-state index contributed by atoms with van der Waals surface area (Å²) >= 11 is 0. The van der Waals surface area contributed by atoms with Gasteiger partial charge in [-0.05, 0) is 60.7 Å². The van der Waals surface area contributed by atoms with Gasteiger partial charge in [-0.3, -0.25) is 4.98 Å². The Morgan fingerprint density at radius 1 is 1.14 bits per heavy atom. The van der Waals surface area contributed by atoms with Crippen molar-refractivity contribution in [1.82, 2.24) is 4.98 Å². The number of hydrogen-bond donors (Lipinski definition) is 0. The van der Waals surface area contributed by atoms with Crippen molar-refractivity contribution in [2.75, 3.05) is 0 Å². The van der Waals surface area contributed by atoms with Gasteiger partial charge < -0.3 is 0 Å². The molecule has 0 fully saturated rings. The normalized spacial score (nSPS) is 12.8. The summed E-state index contributed by atoms with van der Waals surface area (Å²) in [7, 11) is 0.